The van der Waals surface area contributed by atoms with Gasteiger partial charge in [0.2, 0.25) is 0 Å². The molecular formula is C13H21N6O12P3S. The number of hydrogen-bond acceptors (Lipinski definition) is 12. The first-order chi connectivity index (χ1) is 16.1. The van der Waals surface area contributed by atoms with Gasteiger partial charge in [0.15, 0.2) is 16.9 Å². The van der Waals surface area contributed by atoms with Gasteiger partial charge in [-0.2, -0.15) is 23.1 Å². The lowest BCUT2D eigenvalue weighted by Gasteiger charge is -2.18. The zero-order valence-electron chi connectivity index (χ0n) is 17.8. The van der Waals surface area contributed by atoms with E-state index in [2.05, 4.69) is 28.6 Å². The van der Waals surface area contributed by atoms with Crippen LogP contribution in [0.3, 0.4) is 0 Å². The first kappa shape index (κ1) is 28.1. The average molecular weight is 578 g/mol. The zero-order valence-corrected chi connectivity index (χ0v) is 21.3. The molecule has 2 aromatic rings. The Hall–Kier alpha value is -1.46. The minimum atomic E-state index is -5.64. The Morgan fingerprint density at radius 3 is 2.49 bits per heavy atom. The maximum absolute atomic E-state index is 13.1. The predicted octanol–water partition coefficient (Wildman–Crippen LogP) is 0.0531. The zero-order chi connectivity index (χ0) is 26.2. The van der Waals surface area contributed by atoms with E-state index >= 15 is 0 Å². The Labute approximate surface area is 201 Å². The number of phosphoric acid groups is 3. The second kappa shape index (κ2) is 10.5. The van der Waals surface area contributed by atoms with Crippen LogP contribution in [0, 0.1) is 0 Å². The van der Waals surface area contributed by atoms with Gasteiger partial charge in [-0.25, -0.2) is 13.7 Å². The van der Waals surface area contributed by atoms with E-state index in [1.165, 1.54) is 0 Å². The number of ether oxygens (including phenoxy) is 1. The number of rotatable bonds is 10. The molecule has 22 heteroatoms. The van der Waals surface area contributed by atoms with Crippen LogP contribution < -0.4 is 11.3 Å². The van der Waals surface area contributed by atoms with Crippen molar-refractivity contribution in [3.8, 4) is 0 Å². The van der Waals surface area contributed by atoms with Gasteiger partial charge in [-0.15, -0.1) is 5.10 Å². The van der Waals surface area contributed by atoms with Crippen molar-refractivity contribution < 1.29 is 51.2 Å². The van der Waals surface area contributed by atoms with Crippen LogP contribution >= 0.6 is 35.7 Å². The van der Waals surface area contributed by atoms with Gasteiger partial charge >= 0.3 is 23.5 Å². The summed E-state index contributed by atoms with van der Waals surface area (Å²) >= 11 is 4.96. The van der Waals surface area contributed by atoms with Crippen molar-refractivity contribution in [2.24, 2.45) is 5.73 Å². The van der Waals surface area contributed by atoms with E-state index in [9.17, 15) is 28.3 Å². The number of nitrogens with zero attached hydrogens (tertiary/aromatic N) is 5. The molecule has 3 rings (SSSR count). The second-order valence-electron chi connectivity index (χ2n) is 7.16. The smallest absolute Gasteiger partial charge is 0.374 e. The summed E-state index contributed by atoms with van der Waals surface area (Å²) in [5.41, 5.74) is 5.78. The molecule has 4 atom stereocenters. The fourth-order valence-electron chi connectivity index (χ4n) is 3.22. The molecule has 4 unspecified atom stereocenters. The molecular weight excluding hydrogens is 557 g/mol. The summed E-state index contributed by atoms with van der Waals surface area (Å²) in [5.74, 6) is 0. The Morgan fingerprint density at radius 1 is 1.20 bits per heavy atom. The summed E-state index contributed by atoms with van der Waals surface area (Å²) in [7, 11) is -16.5. The van der Waals surface area contributed by atoms with E-state index in [1.54, 1.807) is 0 Å². The van der Waals surface area contributed by atoms with Gasteiger partial charge in [-0.1, -0.05) is 18.6 Å². The summed E-state index contributed by atoms with van der Waals surface area (Å²) in [4.78, 5) is 48.9. The molecule has 3 heterocycles. The molecule has 0 bridgehead atoms. The number of aromatic nitrogens is 5. The number of aryl methyl sites for hydroxylation is 1. The standard InChI is InChI=1S/C13H21N6O12P3S/c1-2-3-8-10-11(19(16-8)13(14)35)12(20)18(17-15-10)9-5-4-7(29-9)6-28-33(24,25)31-34(26,27)30-32(21,22)23/h7,9H,2-6H2,1H3,(H2,14,35)(H,24,25)(H,26,27)(H2,21,22,23). The highest BCUT2D eigenvalue weighted by Crippen LogP contribution is 2.66. The number of nitrogens with two attached hydrogens (primary N) is 1. The molecule has 0 aromatic carbocycles. The maximum Gasteiger partial charge on any atom is 0.490 e. The molecule has 0 spiro atoms. The van der Waals surface area contributed by atoms with Crippen LogP contribution in [0.15, 0.2) is 4.79 Å². The highest BCUT2D eigenvalue weighted by atomic mass is 32.1. The molecule has 1 fully saturated rings. The summed E-state index contributed by atoms with van der Waals surface area (Å²) in [6, 6.07) is 0. The van der Waals surface area contributed by atoms with E-state index in [1.807, 2.05) is 6.92 Å². The molecule has 6 N–H and O–H groups in total. The largest absolute Gasteiger partial charge is 0.490 e. The molecule has 35 heavy (non-hydrogen) atoms. The van der Waals surface area contributed by atoms with Crippen molar-refractivity contribution in [1.82, 2.24) is 24.8 Å². The second-order valence-corrected chi connectivity index (χ2v) is 12.0. The lowest BCUT2D eigenvalue weighted by Crippen LogP contribution is -2.32. The molecule has 196 valence electrons. The van der Waals surface area contributed by atoms with Crippen molar-refractivity contribution >= 4 is 51.8 Å². The normalized spacial score (nSPS) is 22.2. The van der Waals surface area contributed by atoms with Gasteiger partial charge in [0.1, 0.15) is 5.52 Å². The van der Waals surface area contributed by atoms with E-state index in [-0.39, 0.29) is 29.0 Å². The van der Waals surface area contributed by atoms with Crippen molar-refractivity contribution in [3.63, 3.8) is 0 Å². The number of hydrogen-bond donors (Lipinski definition) is 5. The number of thiocarbonyl (C=S) groups is 1. The Bertz CT molecular complexity index is 1330. The van der Waals surface area contributed by atoms with Gasteiger partial charge in [0.05, 0.1) is 18.4 Å². The fraction of sp³-hybridized carbons (Fsp3) is 0.615. The van der Waals surface area contributed by atoms with Crippen LogP contribution in [0.5, 0.6) is 0 Å². The number of phosphoric ester groups is 1. The molecule has 0 radical (unpaired) electrons. The molecule has 0 saturated carbocycles. The quantitative estimate of drug-likeness (QED) is 0.184. The first-order valence-corrected chi connectivity index (χ1v) is 14.7. The van der Waals surface area contributed by atoms with Gasteiger partial charge in [-0.3, -0.25) is 9.32 Å². The Balaban J connectivity index is 1.72. The minimum absolute atomic E-state index is 0.0104. The minimum Gasteiger partial charge on any atom is -0.374 e. The summed E-state index contributed by atoms with van der Waals surface area (Å²) in [6.07, 6.45) is -0.233. The molecule has 1 aliphatic heterocycles. The molecule has 2 aromatic heterocycles. The van der Waals surface area contributed by atoms with Gasteiger partial charge in [0.25, 0.3) is 5.56 Å². The topological polar surface area (TPSA) is 261 Å². The Morgan fingerprint density at radius 2 is 1.89 bits per heavy atom. The molecule has 18 nitrogen and oxygen atoms in total. The van der Waals surface area contributed by atoms with E-state index in [4.69, 9.17) is 32.5 Å². The predicted molar refractivity (Wildman–Crippen MR) is 119 cm³/mol. The lowest BCUT2D eigenvalue weighted by atomic mass is 10.2. The maximum atomic E-state index is 13.1. The first-order valence-electron chi connectivity index (χ1n) is 9.73. The molecule has 0 aliphatic carbocycles. The average Bonchev–Trinajstić information content (AvgIpc) is 3.30. The van der Waals surface area contributed by atoms with Crippen LogP contribution in [-0.4, -0.2) is 62.2 Å². The van der Waals surface area contributed by atoms with Crippen molar-refractivity contribution in [1.29, 1.82) is 0 Å². The van der Waals surface area contributed by atoms with E-state index in [0.717, 1.165) is 15.8 Å². The van der Waals surface area contributed by atoms with Crippen molar-refractivity contribution in [3.05, 3.63) is 16.0 Å². The third kappa shape index (κ3) is 7.07. The fourth-order valence-corrected chi connectivity index (χ4v) is 6.40. The number of fused-ring (bicyclic) bond motifs is 1. The highest BCUT2D eigenvalue weighted by Gasteiger charge is 2.41. The SMILES string of the molecule is CCCc1nn(C(N)=S)c2c(=O)n(C3CCC(COP(=O)(O)OP(=O)(O)OP(=O)(O)O)O3)nnc12. The van der Waals surface area contributed by atoms with Gasteiger partial charge in [-0.05, 0) is 31.5 Å². The third-order valence-electron chi connectivity index (χ3n) is 4.47. The summed E-state index contributed by atoms with van der Waals surface area (Å²) in [6.45, 7) is 1.26. The van der Waals surface area contributed by atoms with Crippen LogP contribution in [0.1, 0.15) is 38.1 Å². The highest BCUT2D eigenvalue weighted by molar-refractivity contribution is 7.80. The third-order valence-corrected chi connectivity index (χ3v) is 8.45. The molecule has 1 aliphatic rings. The van der Waals surface area contributed by atoms with Crippen LogP contribution in [0.2, 0.25) is 0 Å². The molecule has 1 saturated heterocycles. The van der Waals surface area contributed by atoms with Gasteiger partial charge in [0, 0.05) is 0 Å². The van der Waals surface area contributed by atoms with Gasteiger partial charge < -0.3 is 30.0 Å². The van der Waals surface area contributed by atoms with Crippen LogP contribution in [-0.2, 0) is 38.0 Å². The van der Waals surface area contributed by atoms with Crippen molar-refractivity contribution in [2.45, 2.75) is 44.9 Å². The van der Waals surface area contributed by atoms with E-state index < -0.39 is 48.0 Å². The van der Waals surface area contributed by atoms with E-state index in [0.29, 0.717) is 12.1 Å². The van der Waals surface area contributed by atoms with Crippen LogP contribution in [0.25, 0.3) is 11.0 Å². The summed E-state index contributed by atoms with van der Waals surface area (Å²) < 4.78 is 53.4. The monoisotopic (exact) mass is 578 g/mol. The van der Waals surface area contributed by atoms with Crippen molar-refractivity contribution in [2.75, 3.05) is 6.61 Å². The lowest BCUT2D eigenvalue weighted by molar-refractivity contribution is -0.0311. The molecule has 0 amide bonds. The van der Waals surface area contributed by atoms with Crippen LogP contribution in [0.4, 0.5) is 0 Å². The Kier molecular flexibility index (Phi) is 8.43. The summed E-state index contributed by atoms with van der Waals surface area (Å²) in [5, 5.41) is 12.0.